The first-order valence-corrected chi connectivity index (χ1v) is 6.44. The van der Waals surface area contributed by atoms with Crippen molar-refractivity contribution in [3.05, 3.63) is 54.6 Å². The summed E-state index contributed by atoms with van der Waals surface area (Å²) in [5.41, 5.74) is 5.25. The number of hydrogen-bond acceptors (Lipinski definition) is 4. The lowest BCUT2D eigenvalue weighted by Crippen LogP contribution is -2.30. The molecule has 20 heavy (non-hydrogen) atoms. The third-order valence-corrected chi connectivity index (χ3v) is 2.85. The average Bonchev–Trinajstić information content (AvgIpc) is 2.52. The smallest absolute Gasteiger partial charge is 0.120 e. The highest BCUT2D eigenvalue weighted by molar-refractivity contribution is 5.57. The van der Waals surface area contributed by atoms with Gasteiger partial charge in [-0.05, 0) is 24.3 Å². The standard InChI is InChI=1S/C16H17N3O/c1-20-16-10-5-9-15(13-16)19(12-6-11-17)18-14-7-3-2-4-8-14/h2-5,7-10,13,18H,6,12H2,1H3. The van der Waals surface area contributed by atoms with E-state index in [9.17, 15) is 0 Å². The van der Waals surface area contributed by atoms with Gasteiger partial charge in [-0.2, -0.15) is 5.26 Å². The van der Waals surface area contributed by atoms with Crippen LogP contribution in [0.15, 0.2) is 54.6 Å². The van der Waals surface area contributed by atoms with Gasteiger partial charge in [-0.25, -0.2) is 0 Å². The number of nitrogens with one attached hydrogen (secondary N) is 1. The van der Waals surface area contributed by atoms with E-state index in [1.165, 1.54) is 0 Å². The topological polar surface area (TPSA) is 48.3 Å². The summed E-state index contributed by atoms with van der Waals surface area (Å²) >= 11 is 0. The molecule has 2 aromatic rings. The monoisotopic (exact) mass is 267 g/mol. The largest absolute Gasteiger partial charge is 0.497 e. The molecule has 0 atom stereocenters. The maximum absolute atomic E-state index is 8.80. The molecule has 0 heterocycles. The summed E-state index contributed by atoms with van der Waals surface area (Å²) in [6.45, 7) is 0.596. The van der Waals surface area contributed by atoms with Gasteiger partial charge in [-0.3, -0.25) is 10.4 Å². The van der Waals surface area contributed by atoms with Crippen LogP contribution in [0.4, 0.5) is 11.4 Å². The van der Waals surface area contributed by atoms with E-state index in [4.69, 9.17) is 10.00 Å². The molecule has 0 aliphatic heterocycles. The molecule has 0 fully saturated rings. The van der Waals surface area contributed by atoms with Crippen LogP contribution >= 0.6 is 0 Å². The Morgan fingerprint density at radius 2 is 1.95 bits per heavy atom. The van der Waals surface area contributed by atoms with Gasteiger partial charge in [0, 0.05) is 6.07 Å². The summed E-state index contributed by atoms with van der Waals surface area (Å²) in [6, 6.07) is 19.8. The van der Waals surface area contributed by atoms with Gasteiger partial charge in [0.25, 0.3) is 0 Å². The zero-order chi connectivity index (χ0) is 14.2. The van der Waals surface area contributed by atoms with Crippen LogP contribution in [0, 0.1) is 11.3 Å². The number of hydrazine groups is 1. The van der Waals surface area contributed by atoms with E-state index in [2.05, 4.69) is 11.5 Å². The molecular formula is C16H17N3O. The van der Waals surface area contributed by atoms with E-state index in [0.29, 0.717) is 13.0 Å². The molecule has 0 saturated heterocycles. The van der Waals surface area contributed by atoms with Gasteiger partial charge in [-0.1, -0.05) is 24.3 Å². The third-order valence-electron chi connectivity index (χ3n) is 2.85. The Morgan fingerprint density at radius 3 is 2.65 bits per heavy atom. The molecule has 0 saturated carbocycles. The maximum Gasteiger partial charge on any atom is 0.120 e. The normalized spacial score (nSPS) is 9.60. The van der Waals surface area contributed by atoms with Crippen LogP contribution in [-0.2, 0) is 0 Å². The summed E-state index contributed by atoms with van der Waals surface area (Å²) in [4.78, 5) is 0. The number of benzene rings is 2. The van der Waals surface area contributed by atoms with E-state index in [0.717, 1.165) is 17.1 Å². The number of nitrogens with zero attached hydrogens (tertiary/aromatic N) is 2. The fourth-order valence-corrected chi connectivity index (χ4v) is 1.86. The second-order valence-electron chi connectivity index (χ2n) is 4.24. The van der Waals surface area contributed by atoms with Crippen LogP contribution in [0.5, 0.6) is 5.75 Å². The van der Waals surface area contributed by atoms with E-state index < -0.39 is 0 Å². The Hall–Kier alpha value is -2.67. The second-order valence-corrected chi connectivity index (χ2v) is 4.24. The molecule has 4 heteroatoms. The minimum absolute atomic E-state index is 0.442. The lowest BCUT2D eigenvalue weighted by atomic mass is 10.2. The Morgan fingerprint density at radius 1 is 1.15 bits per heavy atom. The van der Waals surface area contributed by atoms with Crippen molar-refractivity contribution in [1.82, 2.24) is 0 Å². The first-order valence-electron chi connectivity index (χ1n) is 6.44. The van der Waals surface area contributed by atoms with Crippen molar-refractivity contribution in [2.75, 3.05) is 24.1 Å². The number of rotatable bonds is 6. The highest BCUT2D eigenvalue weighted by Crippen LogP contribution is 2.22. The maximum atomic E-state index is 8.80. The zero-order valence-corrected chi connectivity index (χ0v) is 11.4. The number of anilines is 2. The molecule has 2 aromatic carbocycles. The minimum Gasteiger partial charge on any atom is -0.497 e. The molecule has 0 spiro atoms. The molecule has 0 bridgehead atoms. The Bertz CT molecular complexity index is 578. The lowest BCUT2D eigenvalue weighted by molar-refractivity contribution is 0.415. The molecule has 2 rings (SSSR count). The van der Waals surface area contributed by atoms with Crippen LogP contribution < -0.4 is 15.2 Å². The number of hydrogen-bond donors (Lipinski definition) is 1. The zero-order valence-electron chi connectivity index (χ0n) is 11.4. The molecule has 4 nitrogen and oxygen atoms in total. The van der Waals surface area contributed by atoms with Crippen molar-refractivity contribution < 1.29 is 4.74 Å². The molecule has 0 amide bonds. The van der Waals surface area contributed by atoms with Gasteiger partial charge in [0.05, 0.1) is 37.5 Å². The highest BCUT2D eigenvalue weighted by Gasteiger charge is 2.07. The number of para-hydroxylation sites is 1. The molecule has 0 aromatic heterocycles. The summed E-state index contributed by atoms with van der Waals surface area (Å²) in [6.07, 6.45) is 0.442. The SMILES string of the molecule is COc1cccc(N(CCC#N)Nc2ccccc2)c1. The Balaban J connectivity index is 2.20. The van der Waals surface area contributed by atoms with Gasteiger partial charge in [0.15, 0.2) is 0 Å². The number of nitriles is 1. The molecule has 102 valence electrons. The predicted molar refractivity (Wildman–Crippen MR) is 80.6 cm³/mol. The third kappa shape index (κ3) is 3.66. The summed E-state index contributed by atoms with van der Waals surface area (Å²) in [5.74, 6) is 0.791. The first-order chi connectivity index (χ1) is 9.83. The van der Waals surface area contributed by atoms with Crippen molar-refractivity contribution in [2.24, 2.45) is 0 Å². The van der Waals surface area contributed by atoms with E-state index in [1.807, 2.05) is 59.6 Å². The number of methoxy groups -OCH3 is 1. The van der Waals surface area contributed by atoms with Crippen molar-refractivity contribution in [3.8, 4) is 11.8 Å². The van der Waals surface area contributed by atoms with Gasteiger partial charge < -0.3 is 4.74 Å². The molecule has 0 aliphatic carbocycles. The van der Waals surface area contributed by atoms with Crippen LogP contribution in [0.3, 0.4) is 0 Å². The first kappa shape index (κ1) is 13.8. The molecule has 0 radical (unpaired) electrons. The lowest BCUT2D eigenvalue weighted by Gasteiger charge is -2.26. The van der Waals surface area contributed by atoms with Crippen molar-refractivity contribution in [3.63, 3.8) is 0 Å². The van der Waals surface area contributed by atoms with E-state index >= 15 is 0 Å². The molecule has 1 N–H and O–H groups in total. The van der Waals surface area contributed by atoms with Gasteiger partial charge >= 0.3 is 0 Å². The quantitative estimate of drug-likeness (QED) is 0.814. The predicted octanol–water partition coefficient (Wildman–Crippen LogP) is 3.44. The van der Waals surface area contributed by atoms with Crippen LogP contribution in [0.1, 0.15) is 6.42 Å². The van der Waals surface area contributed by atoms with Crippen LogP contribution in [0.2, 0.25) is 0 Å². The second kappa shape index (κ2) is 7.05. The van der Waals surface area contributed by atoms with Crippen LogP contribution in [-0.4, -0.2) is 13.7 Å². The van der Waals surface area contributed by atoms with Gasteiger partial charge in [0.1, 0.15) is 5.75 Å². The Kier molecular flexibility index (Phi) is 4.85. The van der Waals surface area contributed by atoms with Crippen LogP contribution in [0.25, 0.3) is 0 Å². The highest BCUT2D eigenvalue weighted by atomic mass is 16.5. The Labute approximate surface area is 119 Å². The van der Waals surface area contributed by atoms with Crippen molar-refractivity contribution >= 4 is 11.4 Å². The van der Waals surface area contributed by atoms with E-state index in [1.54, 1.807) is 7.11 Å². The summed E-state index contributed by atoms with van der Waals surface area (Å²) in [5, 5.41) is 10.7. The van der Waals surface area contributed by atoms with Gasteiger partial charge in [0.2, 0.25) is 0 Å². The molecule has 0 unspecified atom stereocenters. The van der Waals surface area contributed by atoms with Crippen molar-refractivity contribution in [1.29, 1.82) is 5.26 Å². The minimum atomic E-state index is 0.442. The van der Waals surface area contributed by atoms with E-state index in [-0.39, 0.29) is 0 Å². The average molecular weight is 267 g/mol. The summed E-state index contributed by atoms with van der Waals surface area (Å²) < 4.78 is 5.24. The molecule has 0 aliphatic rings. The van der Waals surface area contributed by atoms with Gasteiger partial charge in [-0.15, -0.1) is 0 Å². The number of ether oxygens (including phenoxy) is 1. The molecular weight excluding hydrogens is 250 g/mol. The summed E-state index contributed by atoms with van der Waals surface area (Å²) in [7, 11) is 1.64. The fourth-order valence-electron chi connectivity index (χ4n) is 1.86. The van der Waals surface area contributed by atoms with Crippen molar-refractivity contribution in [2.45, 2.75) is 6.42 Å². The fraction of sp³-hybridized carbons (Fsp3) is 0.188.